The molecular formula is C31H29F2N6O9P. The molecule has 0 saturated carbocycles. The smallest absolute Gasteiger partial charge is 0.472 e. The maximum atomic E-state index is 16.1. The number of likely N-dealkylation sites (N-methyl/N-ethyl adjacent to an activating group) is 1. The first kappa shape index (κ1) is 32.6. The summed E-state index contributed by atoms with van der Waals surface area (Å²) in [5, 5.41) is 9.56. The standard InChI is InChI=1S/C31H29F2N6O9P/c1-36-11-16-7-8-38(22(16)13-36)27-19(15-3-4-17-5-6-18(30(41)42)29(40)39(17)12-15)10-34-28-24(27)23-25(33)20(32)9-21(26(23)35-28)37(2)31(43)47-14-48-49(44,45)46/h3-6,9-10,12,16,22H,7-8,11,13-14H2,1-2H3,(H,34,35)(H,41,42)(H2,44,45,46)/t16-,22+/m0/s1. The predicted octanol–water partition coefficient (Wildman–Crippen LogP) is 3.75. The van der Waals surface area contributed by atoms with E-state index in [1.807, 2.05) is 7.05 Å². The number of nitrogens with zero attached hydrogens (tertiary/aromatic N) is 5. The number of carbonyl (C=O) groups excluding carboxylic acids is 1. The molecule has 4 N–H and O–H groups in total. The minimum Gasteiger partial charge on any atom is -0.477 e. The molecular weight excluding hydrogens is 669 g/mol. The number of hydrogen-bond donors (Lipinski definition) is 4. The summed E-state index contributed by atoms with van der Waals surface area (Å²) in [6.07, 6.45) is 2.68. The third-order valence-corrected chi connectivity index (χ3v) is 9.63. The molecule has 4 aromatic heterocycles. The molecule has 2 atom stereocenters. The first-order chi connectivity index (χ1) is 23.2. The topological polar surface area (TPSA) is 190 Å². The number of ether oxygens (including phenoxy) is 1. The molecule has 7 rings (SSSR count). The second-order valence-electron chi connectivity index (χ2n) is 12.1. The van der Waals surface area contributed by atoms with Gasteiger partial charge in [0, 0.05) is 67.8 Å². The number of fused-ring (bicyclic) bond motifs is 5. The maximum Gasteiger partial charge on any atom is 0.472 e. The Morgan fingerprint density at radius 3 is 2.65 bits per heavy atom. The molecule has 256 valence electrons. The average molecular weight is 699 g/mol. The zero-order valence-electron chi connectivity index (χ0n) is 26.0. The summed E-state index contributed by atoms with van der Waals surface area (Å²) in [6, 6.07) is 6.91. The predicted molar refractivity (Wildman–Crippen MR) is 173 cm³/mol. The van der Waals surface area contributed by atoms with Gasteiger partial charge in [-0.25, -0.2) is 32.4 Å². The van der Waals surface area contributed by atoms with E-state index >= 15 is 8.78 Å². The Morgan fingerprint density at radius 1 is 1.16 bits per heavy atom. The van der Waals surface area contributed by atoms with E-state index in [0.29, 0.717) is 35.4 Å². The third-order valence-electron chi connectivity index (χ3n) is 9.19. The van der Waals surface area contributed by atoms with Gasteiger partial charge in [-0.2, -0.15) is 0 Å². The quantitative estimate of drug-likeness (QED) is 0.143. The summed E-state index contributed by atoms with van der Waals surface area (Å²) in [5.74, 6) is -3.59. The normalized spacial score (nSPS) is 18.1. The van der Waals surface area contributed by atoms with Gasteiger partial charge in [0.2, 0.25) is 6.79 Å². The molecule has 2 aliphatic rings. The van der Waals surface area contributed by atoms with E-state index in [4.69, 9.17) is 14.5 Å². The van der Waals surface area contributed by atoms with Crippen molar-refractivity contribution in [1.82, 2.24) is 19.3 Å². The Hall–Kier alpha value is -4.93. The van der Waals surface area contributed by atoms with Crippen LogP contribution >= 0.6 is 7.82 Å². The van der Waals surface area contributed by atoms with E-state index in [1.54, 1.807) is 12.1 Å². The molecule has 0 radical (unpaired) electrons. The van der Waals surface area contributed by atoms with E-state index in [2.05, 4.69) is 24.3 Å². The Bertz CT molecular complexity index is 2310. The first-order valence-corrected chi connectivity index (χ1v) is 16.5. The van der Waals surface area contributed by atoms with Crippen LogP contribution < -0.4 is 15.4 Å². The second kappa shape index (κ2) is 11.9. The number of aromatic carboxylic acids is 1. The molecule has 49 heavy (non-hydrogen) atoms. The number of pyridine rings is 3. The number of aromatic nitrogens is 3. The minimum atomic E-state index is -4.95. The number of phosphoric ester groups is 1. The van der Waals surface area contributed by atoms with Crippen molar-refractivity contribution in [2.45, 2.75) is 12.5 Å². The fourth-order valence-corrected chi connectivity index (χ4v) is 7.20. The molecule has 5 aromatic rings. The van der Waals surface area contributed by atoms with E-state index in [1.165, 1.54) is 36.0 Å². The average Bonchev–Trinajstić information content (AvgIpc) is 3.73. The number of H-pyrrole nitrogens is 1. The Labute approximate surface area is 275 Å². The van der Waals surface area contributed by atoms with Crippen LogP contribution in [0, 0.1) is 17.6 Å². The van der Waals surface area contributed by atoms with Crippen LogP contribution in [0.1, 0.15) is 16.8 Å². The van der Waals surface area contributed by atoms with Gasteiger partial charge in [-0.1, -0.05) is 6.07 Å². The monoisotopic (exact) mass is 698 g/mol. The molecule has 18 heteroatoms. The highest BCUT2D eigenvalue weighted by Gasteiger charge is 2.42. The number of nitrogens with one attached hydrogen (secondary N) is 1. The number of rotatable bonds is 7. The molecule has 1 aromatic carbocycles. The van der Waals surface area contributed by atoms with Crippen molar-refractivity contribution in [2.75, 3.05) is 50.3 Å². The van der Waals surface area contributed by atoms with Gasteiger partial charge < -0.3 is 34.4 Å². The number of phosphoric acid groups is 1. The number of carbonyl (C=O) groups is 2. The molecule has 2 fully saturated rings. The maximum absolute atomic E-state index is 16.1. The van der Waals surface area contributed by atoms with Crippen molar-refractivity contribution in [1.29, 1.82) is 0 Å². The molecule has 0 bridgehead atoms. The lowest BCUT2D eigenvalue weighted by atomic mass is 10.00. The number of amides is 1. The number of hydrogen-bond acceptors (Lipinski definition) is 9. The summed E-state index contributed by atoms with van der Waals surface area (Å²) < 4.78 is 52.7. The number of halogens is 2. The highest BCUT2D eigenvalue weighted by atomic mass is 31.2. The number of anilines is 2. The van der Waals surface area contributed by atoms with Crippen LogP contribution in [-0.4, -0.2) is 92.8 Å². The van der Waals surface area contributed by atoms with Crippen LogP contribution in [0.2, 0.25) is 0 Å². The summed E-state index contributed by atoms with van der Waals surface area (Å²) in [7, 11) is -1.75. The number of benzene rings is 1. The van der Waals surface area contributed by atoms with Gasteiger partial charge >= 0.3 is 19.9 Å². The van der Waals surface area contributed by atoms with E-state index in [9.17, 15) is 24.1 Å². The van der Waals surface area contributed by atoms with Crippen molar-refractivity contribution in [3.63, 3.8) is 0 Å². The molecule has 0 aliphatic carbocycles. The lowest BCUT2D eigenvalue weighted by Gasteiger charge is -2.29. The van der Waals surface area contributed by atoms with Crippen LogP contribution in [-0.2, 0) is 13.8 Å². The van der Waals surface area contributed by atoms with Gasteiger partial charge in [0.25, 0.3) is 5.56 Å². The van der Waals surface area contributed by atoms with Gasteiger partial charge in [-0.05, 0) is 37.6 Å². The third kappa shape index (κ3) is 5.58. The number of carboxylic acid groups (broad SMARTS) is 1. The van der Waals surface area contributed by atoms with E-state index in [0.717, 1.165) is 23.9 Å². The van der Waals surface area contributed by atoms with Gasteiger partial charge in [0.1, 0.15) is 11.2 Å². The fourth-order valence-electron chi connectivity index (χ4n) is 7.01. The van der Waals surface area contributed by atoms with E-state index < -0.39 is 49.4 Å². The zero-order chi connectivity index (χ0) is 34.9. The van der Waals surface area contributed by atoms with Crippen molar-refractivity contribution < 1.29 is 47.1 Å². The largest absolute Gasteiger partial charge is 0.477 e. The number of aromatic amines is 1. The lowest BCUT2D eigenvalue weighted by Crippen LogP contribution is -2.35. The molecule has 1 amide bonds. The van der Waals surface area contributed by atoms with Crippen LogP contribution in [0.4, 0.5) is 25.0 Å². The van der Waals surface area contributed by atoms with Crippen LogP contribution in [0.25, 0.3) is 38.6 Å². The lowest BCUT2D eigenvalue weighted by molar-refractivity contribution is 0.0439. The Kier molecular flexibility index (Phi) is 7.91. The summed E-state index contributed by atoms with van der Waals surface area (Å²) in [5.41, 5.74) is 0.750. The van der Waals surface area contributed by atoms with Crippen molar-refractivity contribution in [3.8, 4) is 11.1 Å². The summed E-state index contributed by atoms with van der Waals surface area (Å²) in [6.45, 7) is 1.02. The summed E-state index contributed by atoms with van der Waals surface area (Å²) >= 11 is 0. The molecule has 2 saturated heterocycles. The number of carboxylic acids is 1. The SMILES string of the molecule is CN1C[C@@H]2CCN(c3c(-c4ccc5ccc(C(=O)O)c(=O)n5c4)cnc4[nH]c5c(N(C)C(=O)OCOP(=O)(O)O)cc(F)c(F)c5c34)[C@@H]2C1. The zero-order valence-corrected chi connectivity index (χ0v) is 26.9. The molecule has 0 unspecified atom stereocenters. The molecule has 6 heterocycles. The number of likely N-dealkylation sites (tertiary alicyclic amines) is 1. The van der Waals surface area contributed by atoms with Crippen LogP contribution in [0.3, 0.4) is 0 Å². The fraction of sp³-hybridized carbons (Fsp3) is 0.290. The van der Waals surface area contributed by atoms with Gasteiger partial charge in [-0.3, -0.25) is 14.1 Å². The highest BCUT2D eigenvalue weighted by Crippen LogP contribution is 2.47. The van der Waals surface area contributed by atoms with Crippen molar-refractivity contribution in [2.24, 2.45) is 5.92 Å². The van der Waals surface area contributed by atoms with Gasteiger partial charge in [-0.15, -0.1) is 0 Å². The van der Waals surface area contributed by atoms with Crippen molar-refractivity contribution >= 4 is 58.7 Å². The van der Waals surface area contributed by atoms with Gasteiger partial charge in [0.15, 0.2) is 11.6 Å². The second-order valence-corrected chi connectivity index (χ2v) is 13.4. The van der Waals surface area contributed by atoms with Crippen LogP contribution in [0.15, 0.2) is 47.5 Å². The molecule has 2 aliphatic heterocycles. The molecule has 0 spiro atoms. The van der Waals surface area contributed by atoms with Crippen molar-refractivity contribution in [3.05, 3.63) is 70.3 Å². The highest BCUT2D eigenvalue weighted by molar-refractivity contribution is 7.46. The Morgan fingerprint density at radius 2 is 1.92 bits per heavy atom. The first-order valence-electron chi connectivity index (χ1n) is 15.0. The van der Waals surface area contributed by atoms with Crippen LogP contribution in [0.5, 0.6) is 0 Å². The Balaban J connectivity index is 1.46. The minimum absolute atomic E-state index is 0.00357. The van der Waals surface area contributed by atoms with E-state index in [-0.39, 0.29) is 39.6 Å². The van der Waals surface area contributed by atoms with Gasteiger partial charge in [0.05, 0.1) is 27.7 Å². The molecule has 15 nitrogen and oxygen atoms in total. The summed E-state index contributed by atoms with van der Waals surface area (Å²) in [4.78, 5) is 68.2.